The van der Waals surface area contributed by atoms with Gasteiger partial charge in [0.1, 0.15) is 23.1 Å². The Labute approximate surface area is 164 Å². The molecule has 2 aliphatic heterocycles. The molecule has 2 saturated heterocycles. The summed E-state index contributed by atoms with van der Waals surface area (Å²) in [4.78, 5) is 23.2. The zero-order chi connectivity index (χ0) is 20.4. The van der Waals surface area contributed by atoms with Crippen LogP contribution in [-0.4, -0.2) is 61.8 Å². The summed E-state index contributed by atoms with van der Waals surface area (Å²) in [5.74, 6) is 0.381. The lowest BCUT2D eigenvalue weighted by atomic mass is 10.1. The minimum Gasteiger partial charge on any atom is -0.494 e. The van der Waals surface area contributed by atoms with E-state index >= 15 is 0 Å². The highest BCUT2D eigenvalue weighted by Crippen LogP contribution is 2.24. The van der Waals surface area contributed by atoms with Crippen molar-refractivity contribution in [2.75, 3.05) is 25.4 Å². The number of rotatable bonds is 7. The van der Waals surface area contributed by atoms with Gasteiger partial charge in [-0.15, -0.1) is 0 Å². The molecule has 28 heavy (non-hydrogen) atoms. The summed E-state index contributed by atoms with van der Waals surface area (Å²) in [6, 6.07) is 6.65. The second-order valence-corrected chi connectivity index (χ2v) is 9.09. The number of hydrogen-bond acceptors (Lipinski definition) is 6. The van der Waals surface area contributed by atoms with Crippen LogP contribution in [0, 0.1) is 0 Å². The molecule has 0 unspecified atom stereocenters. The van der Waals surface area contributed by atoms with E-state index in [4.69, 9.17) is 9.47 Å². The quantitative estimate of drug-likeness (QED) is 0.643. The summed E-state index contributed by atoms with van der Waals surface area (Å²) in [5.41, 5.74) is -1.45. The number of imide groups is 1. The predicted molar refractivity (Wildman–Crippen MR) is 102 cm³/mol. The minimum atomic E-state index is -3.70. The zero-order valence-electron chi connectivity index (χ0n) is 15.9. The van der Waals surface area contributed by atoms with Gasteiger partial charge in [0.2, 0.25) is 10.0 Å². The Morgan fingerprint density at radius 2 is 1.75 bits per heavy atom. The molecular weight excluding hydrogens is 386 g/mol. The number of carbonyl (C=O) groups excluding carboxylic acids is 2. The highest BCUT2D eigenvalue weighted by atomic mass is 32.2. The maximum absolute atomic E-state index is 12.7. The smallest absolute Gasteiger partial charge is 0.322 e. The number of nitrogens with zero attached hydrogens (tertiary/aromatic N) is 1. The maximum Gasteiger partial charge on any atom is 0.322 e. The minimum absolute atomic E-state index is 0.0885. The molecule has 1 aromatic carbocycles. The third-order valence-electron chi connectivity index (χ3n) is 4.82. The molecule has 3 amide bonds. The number of carbonyl (C=O) groups is 2. The van der Waals surface area contributed by atoms with E-state index in [0.717, 1.165) is 5.75 Å². The van der Waals surface area contributed by atoms with Crippen molar-refractivity contribution in [3.63, 3.8) is 0 Å². The molecule has 2 fully saturated rings. The van der Waals surface area contributed by atoms with Crippen LogP contribution in [0.4, 0.5) is 4.79 Å². The molecular formula is C18H25N3O6S. The Bertz CT molecular complexity index is 833. The fourth-order valence-corrected chi connectivity index (χ4v) is 5.22. The van der Waals surface area contributed by atoms with Gasteiger partial charge in [-0.3, -0.25) is 10.1 Å². The van der Waals surface area contributed by atoms with Crippen LogP contribution in [-0.2, 0) is 14.8 Å². The van der Waals surface area contributed by atoms with Crippen LogP contribution in [0.2, 0.25) is 0 Å². The second kappa shape index (κ2) is 7.96. The number of amides is 3. The Morgan fingerprint density at radius 3 is 2.29 bits per heavy atom. The zero-order valence-corrected chi connectivity index (χ0v) is 16.8. The Kier molecular flexibility index (Phi) is 5.80. The Hall–Kier alpha value is -2.33. The second-order valence-electron chi connectivity index (χ2n) is 7.12. The summed E-state index contributed by atoms with van der Waals surface area (Å²) in [6.07, 6.45) is 0.998. The van der Waals surface area contributed by atoms with Gasteiger partial charge in [0, 0.05) is 13.1 Å². The summed E-state index contributed by atoms with van der Waals surface area (Å²) in [5, 5.41) is 4.47. The van der Waals surface area contributed by atoms with Gasteiger partial charge in [-0.05, 0) is 51.0 Å². The molecule has 1 atom stereocenters. The van der Waals surface area contributed by atoms with Crippen molar-refractivity contribution in [1.82, 2.24) is 14.9 Å². The predicted octanol–water partition coefficient (Wildman–Crippen LogP) is 0.856. The van der Waals surface area contributed by atoms with E-state index in [0.29, 0.717) is 38.3 Å². The van der Waals surface area contributed by atoms with E-state index in [1.54, 1.807) is 0 Å². The Balaban J connectivity index is 1.54. The molecule has 2 N–H and O–H groups in total. The lowest BCUT2D eigenvalue weighted by molar-refractivity contribution is -0.122. The van der Waals surface area contributed by atoms with Gasteiger partial charge in [-0.25, -0.2) is 17.5 Å². The molecule has 1 aromatic rings. The third-order valence-corrected chi connectivity index (χ3v) is 6.91. The van der Waals surface area contributed by atoms with Gasteiger partial charge in [0.15, 0.2) is 0 Å². The number of sulfonamides is 1. The van der Waals surface area contributed by atoms with Crippen LogP contribution < -0.4 is 20.1 Å². The van der Waals surface area contributed by atoms with Crippen molar-refractivity contribution in [1.29, 1.82) is 0 Å². The van der Waals surface area contributed by atoms with E-state index in [1.807, 2.05) is 31.2 Å². The SMILES string of the molecule is CCOc1ccc(OC2CCN(S(=O)(=O)C[C@@]3(C)NC(=O)NC3=O)CC2)cc1. The van der Waals surface area contributed by atoms with E-state index in [1.165, 1.54) is 11.2 Å². The van der Waals surface area contributed by atoms with Crippen molar-refractivity contribution in [2.45, 2.75) is 38.3 Å². The lowest BCUT2D eigenvalue weighted by Gasteiger charge is -2.33. The number of hydrogen-bond donors (Lipinski definition) is 2. The molecule has 154 valence electrons. The van der Waals surface area contributed by atoms with Gasteiger partial charge >= 0.3 is 6.03 Å². The molecule has 3 rings (SSSR count). The lowest BCUT2D eigenvalue weighted by Crippen LogP contribution is -2.53. The van der Waals surface area contributed by atoms with E-state index in [-0.39, 0.29) is 6.10 Å². The van der Waals surface area contributed by atoms with Crippen molar-refractivity contribution >= 4 is 22.0 Å². The van der Waals surface area contributed by atoms with E-state index < -0.39 is 33.3 Å². The summed E-state index contributed by atoms with van der Waals surface area (Å²) < 4.78 is 38.1. The molecule has 0 saturated carbocycles. The van der Waals surface area contributed by atoms with Gasteiger partial charge in [0.05, 0.1) is 12.4 Å². The summed E-state index contributed by atoms with van der Waals surface area (Å²) >= 11 is 0. The van der Waals surface area contributed by atoms with E-state index in [2.05, 4.69) is 10.6 Å². The van der Waals surface area contributed by atoms with Crippen LogP contribution in [0.5, 0.6) is 11.5 Å². The molecule has 0 bridgehead atoms. The van der Waals surface area contributed by atoms with Crippen LogP contribution in [0.25, 0.3) is 0 Å². The average Bonchev–Trinajstić information content (AvgIpc) is 2.88. The van der Waals surface area contributed by atoms with Crippen molar-refractivity contribution in [2.24, 2.45) is 0 Å². The number of benzene rings is 1. The highest BCUT2D eigenvalue weighted by molar-refractivity contribution is 7.89. The first-order valence-electron chi connectivity index (χ1n) is 9.23. The van der Waals surface area contributed by atoms with Crippen molar-refractivity contribution in [3.8, 4) is 11.5 Å². The Morgan fingerprint density at radius 1 is 1.14 bits per heavy atom. The molecule has 0 aromatic heterocycles. The standard InChI is InChI=1S/C18H25N3O6S/c1-3-26-13-4-6-14(7-5-13)27-15-8-10-21(11-9-15)28(24,25)12-18(2)16(22)19-17(23)20-18/h4-7,15H,3,8-12H2,1-2H3,(H2,19,20,22,23)/t18-/m1/s1. The van der Waals surface area contributed by atoms with Crippen molar-refractivity contribution in [3.05, 3.63) is 24.3 Å². The van der Waals surface area contributed by atoms with E-state index in [9.17, 15) is 18.0 Å². The van der Waals surface area contributed by atoms with Crippen molar-refractivity contribution < 1.29 is 27.5 Å². The van der Waals surface area contributed by atoms with Crippen LogP contribution in [0.3, 0.4) is 0 Å². The van der Waals surface area contributed by atoms with Crippen LogP contribution in [0.1, 0.15) is 26.7 Å². The fraction of sp³-hybridized carbons (Fsp3) is 0.556. The molecule has 0 radical (unpaired) electrons. The number of ether oxygens (including phenoxy) is 2. The first kappa shape index (κ1) is 20.4. The molecule has 0 aliphatic carbocycles. The summed E-state index contributed by atoms with van der Waals surface area (Å²) in [6.45, 7) is 4.52. The number of urea groups is 1. The average molecular weight is 411 g/mol. The molecule has 0 spiro atoms. The number of piperidine rings is 1. The normalized spacial score (nSPS) is 23.9. The maximum atomic E-state index is 12.7. The number of nitrogens with one attached hydrogen (secondary N) is 2. The van der Waals surface area contributed by atoms with Gasteiger partial charge in [-0.2, -0.15) is 0 Å². The monoisotopic (exact) mass is 411 g/mol. The molecule has 10 heteroatoms. The van der Waals surface area contributed by atoms with Gasteiger partial charge < -0.3 is 14.8 Å². The highest BCUT2D eigenvalue weighted by Gasteiger charge is 2.46. The van der Waals surface area contributed by atoms with Crippen LogP contribution in [0.15, 0.2) is 24.3 Å². The van der Waals surface area contributed by atoms with Gasteiger partial charge in [-0.1, -0.05) is 0 Å². The first-order chi connectivity index (χ1) is 13.2. The molecule has 9 nitrogen and oxygen atoms in total. The fourth-order valence-electron chi connectivity index (χ4n) is 3.34. The molecule has 2 aliphatic rings. The molecule has 2 heterocycles. The van der Waals surface area contributed by atoms with Crippen LogP contribution >= 0.6 is 0 Å². The third kappa shape index (κ3) is 4.56. The van der Waals surface area contributed by atoms with Gasteiger partial charge in [0.25, 0.3) is 5.91 Å². The largest absolute Gasteiger partial charge is 0.494 e. The first-order valence-corrected chi connectivity index (χ1v) is 10.8. The summed E-state index contributed by atoms with van der Waals surface area (Å²) in [7, 11) is -3.70. The topological polar surface area (TPSA) is 114 Å².